The summed E-state index contributed by atoms with van der Waals surface area (Å²) in [6.45, 7) is 3.84. The van der Waals surface area contributed by atoms with Crippen LogP contribution in [-0.2, 0) is 16.0 Å². The SMILES string of the molecule is CC(=O)NC(CC(=O)NCCc1cccc(F)c1)c1ccc(C)cc1. The molecular weight excluding hydrogens is 319 g/mol. The van der Waals surface area contributed by atoms with Gasteiger partial charge in [-0.1, -0.05) is 42.0 Å². The van der Waals surface area contributed by atoms with Crippen molar-refractivity contribution in [1.82, 2.24) is 10.6 Å². The molecular formula is C20H23FN2O2. The first-order valence-corrected chi connectivity index (χ1v) is 8.29. The number of nitrogens with one attached hydrogen (secondary N) is 2. The zero-order valence-corrected chi connectivity index (χ0v) is 14.5. The fraction of sp³-hybridized carbons (Fsp3) is 0.300. The predicted molar refractivity (Wildman–Crippen MR) is 95.5 cm³/mol. The second-order valence-electron chi connectivity index (χ2n) is 6.10. The highest BCUT2D eigenvalue weighted by atomic mass is 19.1. The first-order chi connectivity index (χ1) is 11.9. The second-order valence-corrected chi connectivity index (χ2v) is 6.10. The third-order valence-corrected chi connectivity index (χ3v) is 3.87. The first-order valence-electron chi connectivity index (χ1n) is 8.29. The van der Waals surface area contributed by atoms with E-state index in [0.717, 1.165) is 16.7 Å². The molecule has 5 heteroatoms. The number of amides is 2. The maximum Gasteiger partial charge on any atom is 0.222 e. The molecule has 0 radical (unpaired) electrons. The number of hydrogen-bond acceptors (Lipinski definition) is 2. The van der Waals surface area contributed by atoms with Crippen LogP contribution in [0.4, 0.5) is 4.39 Å². The van der Waals surface area contributed by atoms with Crippen molar-refractivity contribution in [1.29, 1.82) is 0 Å². The van der Waals surface area contributed by atoms with E-state index < -0.39 is 0 Å². The molecule has 0 aliphatic rings. The number of hydrogen-bond donors (Lipinski definition) is 2. The highest BCUT2D eigenvalue weighted by molar-refractivity contribution is 5.79. The van der Waals surface area contributed by atoms with Crippen LogP contribution in [0.15, 0.2) is 48.5 Å². The topological polar surface area (TPSA) is 58.2 Å². The van der Waals surface area contributed by atoms with Crippen molar-refractivity contribution in [3.8, 4) is 0 Å². The summed E-state index contributed by atoms with van der Waals surface area (Å²) in [6, 6.07) is 13.7. The van der Waals surface area contributed by atoms with Crippen LogP contribution in [0.1, 0.15) is 36.1 Å². The van der Waals surface area contributed by atoms with E-state index in [2.05, 4.69) is 10.6 Å². The normalized spacial score (nSPS) is 11.6. The van der Waals surface area contributed by atoms with Gasteiger partial charge in [-0.05, 0) is 36.6 Å². The summed E-state index contributed by atoms with van der Waals surface area (Å²) in [5, 5.41) is 5.64. The van der Waals surface area contributed by atoms with Gasteiger partial charge < -0.3 is 10.6 Å². The lowest BCUT2D eigenvalue weighted by molar-refractivity contribution is -0.122. The number of carbonyl (C=O) groups excluding carboxylic acids is 2. The van der Waals surface area contributed by atoms with Crippen molar-refractivity contribution in [2.24, 2.45) is 0 Å². The van der Waals surface area contributed by atoms with E-state index in [0.29, 0.717) is 13.0 Å². The molecule has 25 heavy (non-hydrogen) atoms. The van der Waals surface area contributed by atoms with E-state index in [9.17, 15) is 14.0 Å². The van der Waals surface area contributed by atoms with Crippen molar-refractivity contribution in [3.05, 3.63) is 71.0 Å². The third-order valence-electron chi connectivity index (χ3n) is 3.87. The van der Waals surface area contributed by atoms with Gasteiger partial charge in [0.25, 0.3) is 0 Å². The summed E-state index contributed by atoms with van der Waals surface area (Å²) in [5.74, 6) is -0.622. The van der Waals surface area contributed by atoms with Gasteiger partial charge in [0.15, 0.2) is 0 Å². The maximum absolute atomic E-state index is 13.1. The fourth-order valence-corrected chi connectivity index (χ4v) is 2.59. The molecule has 0 fully saturated rings. The first kappa shape index (κ1) is 18.6. The van der Waals surface area contributed by atoms with Crippen LogP contribution in [0.3, 0.4) is 0 Å². The molecule has 0 spiro atoms. The molecule has 0 saturated carbocycles. The maximum atomic E-state index is 13.1. The summed E-state index contributed by atoms with van der Waals surface area (Å²) < 4.78 is 13.1. The van der Waals surface area contributed by atoms with Gasteiger partial charge in [-0.2, -0.15) is 0 Å². The Balaban J connectivity index is 1.90. The van der Waals surface area contributed by atoms with Crippen LogP contribution in [0.5, 0.6) is 0 Å². The third kappa shape index (κ3) is 6.37. The highest BCUT2D eigenvalue weighted by Gasteiger charge is 2.16. The average molecular weight is 342 g/mol. The molecule has 0 aromatic heterocycles. The lowest BCUT2D eigenvalue weighted by atomic mass is 10.0. The molecule has 2 amide bonds. The van der Waals surface area contributed by atoms with E-state index in [1.807, 2.05) is 37.3 Å². The van der Waals surface area contributed by atoms with Gasteiger partial charge in [-0.3, -0.25) is 9.59 Å². The quantitative estimate of drug-likeness (QED) is 0.812. The number of aryl methyl sites for hydroxylation is 1. The average Bonchev–Trinajstić information content (AvgIpc) is 2.54. The molecule has 0 saturated heterocycles. The van der Waals surface area contributed by atoms with E-state index in [-0.39, 0.29) is 30.1 Å². The Morgan fingerprint density at radius 1 is 1.12 bits per heavy atom. The summed E-state index contributed by atoms with van der Waals surface area (Å²) in [4.78, 5) is 23.6. The second kappa shape index (κ2) is 8.97. The van der Waals surface area contributed by atoms with Crippen LogP contribution in [0, 0.1) is 12.7 Å². The number of rotatable bonds is 7. The zero-order valence-electron chi connectivity index (χ0n) is 14.5. The standard InChI is InChI=1S/C20H23FN2O2/c1-14-6-8-17(9-7-14)19(23-15(2)24)13-20(25)22-11-10-16-4-3-5-18(21)12-16/h3-9,12,19H,10-11,13H2,1-2H3,(H,22,25)(H,23,24). The Kier molecular flexibility index (Phi) is 6.69. The molecule has 1 atom stereocenters. The molecule has 2 aromatic rings. The van der Waals surface area contributed by atoms with Crippen molar-refractivity contribution in [2.45, 2.75) is 32.7 Å². The van der Waals surface area contributed by atoms with Gasteiger partial charge in [-0.25, -0.2) is 4.39 Å². The smallest absolute Gasteiger partial charge is 0.222 e. The molecule has 4 nitrogen and oxygen atoms in total. The summed E-state index contributed by atoms with van der Waals surface area (Å²) in [6.07, 6.45) is 0.713. The number of benzene rings is 2. The Morgan fingerprint density at radius 2 is 1.84 bits per heavy atom. The molecule has 0 aliphatic carbocycles. The van der Waals surface area contributed by atoms with Gasteiger partial charge in [0.2, 0.25) is 11.8 Å². The van der Waals surface area contributed by atoms with Crippen LogP contribution in [0.2, 0.25) is 0 Å². The van der Waals surface area contributed by atoms with E-state index in [1.54, 1.807) is 6.07 Å². The van der Waals surface area contributed by atoms with E-state index in [1.165, 1.54) is 19.1 Å². The lowest BCUT2D eigenvalue weighted by Gasteiger charge is -2.18. The molecule has 2 N–H and O–H groups in total. The Hall–Kier alpha value is -2.69. The van der Waals surface area contributed by atoms with Gasteiger partial charge in [-0.15, -0.1) is 0 Å². The van der Waals surface area contributed by atoms with E-state index >= 15 is 0 Å². The van der Waals surface area contributed by atoms with Gasteiger partial charge in [0.05, 0.1) is 12.5 Å². The molecule has 0 heterocycles. The number of halogens is 1. The fourth-order valence-electron chi connectivity index (χ4n) is 2.59. The summed E-state index contributed by atoms with van der Waals surface area (Å²) >= 11 is 0. The van der Waals surface area contributed by atoms with Gasteiger partial charge in [0.1, 0.15) is 5.82 Å². The van der Waals surface area contributed by atoms with Crippen molar-refractivity contribution in [3.63, 3.8) is 0 Å². The largest absolute Gasteiger partial charge is 0.356 e. The van der Waals surface area contributed by atoms with Crippen LogP contribution >= 0.6 is 0 Å². The monoisotopic (exact) mass is 342 g/mol. The molecule has 1 unspecified atom stereocenters. The van der Waals surface area contributed by atoms with Crippen LogP contribution in [0.25, 0.3) is 0 Å². The molecule has 2 aromatic carbocycles. The Bertz CT molecular complexity index is 729. The molecule has 2 rings (SSSR count). The van der Waals surface area contributed by atoms with Crippen molar-refractivity contribution in [2.75, 3.05) is 6.54 Å². The molecule has 132 valence electrons. The minimum absolute atomic E-state index is 0.157. The molecule has 0 aliphatic heterocycles. The van der Waals surface area contributed by atoms with E-state index in [4.69, 9.17) is 0 Å². The minimum Gasteiger partial charge on any atom is -0.356 e. The Morgan fingerprint density at radius 3 is 2.48 bits per heavy atom. The molecule has 0 bridgehead atoms. The van der Waals surface area contributed by atoms with Crippen molar-refractivity contribution >= 4 is 11.8 Å². The predicted octanol–water partition coefficient (Wildman–Crippen LogP) is 3.06. The van der Waals surface area contributed by atoms with Gasteiger partial charge in [0, 0.05) is 13.5 Å². The van der Waals surface area contributed by atoms with Crippen LogP contribution < -0.4 is 10.6 Å². The summed E-state index contributed by atoms with van der Waals surface area (Å²) in [7, 11) is 0. The van der Waals surface area contributed by atoms with Crippen molar-refractivity contribution < 1.29 is 14.0 Å². The highest BCUT2D eigenvalue weighted by Crippen LogP contribution is 2.17. The number of carbonyl (C=O) groups is 2. The lowest BCUT2D eigenvalue weighted by Crippen LogP contribution is -2.33. The summed E-state index contributed by atoms with van der Waals surface area (Å²) in [5.41, 5.74) is 2.84. The Labute approximate surface area is 147 Å². The zero-order chi connectivity index (χ0) is 18.2. The van der Waals surface area contributed by atoms with Crippen LogP contribution in [-0.4, -0.2) is 18.4 Å². The minimum atomic E-state index is -0.368. The van der Waals surface area contributed by atoms with Gasteiger partial charge >= 0.3 is 0 Å².